The van der Waals surface area contributed by atoms with Gasteiger partial charge in [-0.25, -0.2) is 13.2 Å². The van der Waals surface area contributed by atoms with Gasteiger partial charge in [-0.05, 0) is 41.6 Å². The van der Waals surface area contributed by atoms with E-state index in [0.29, 0.717) is 17.0 Å². The molecule has 27 heavy (non-hydrogen) atoms. The van der Waals surface area contributed by atoms with E-state index in [2.05, 4.69) is 5.32 Å². The molecule has 1 amide bonds. The van der Waals surface area contributed by atoms with E-state index in [1.165, 1.54) is 11.3 Å². The summed E-state index contributed by atoms with van der Waals surface area (Å²) in [5.41, 5.74) is 2.58. The monoisotopic (exact) mass is 391 g/mol. The first-order chi connectivity index (χ1) is 12.9. The fourth-order valence-electron chi connectivity index (χ4n) is 2.60. The molecule has 0 bridgehead atoms. The van der Waals surface area contributed by atoms with E-state index in [-0.39, 0.29) is 12.1 Å². The van der Waals surface area contributed by atoms with Crippen molar-refractivity contribution in [2.45, 2.75) is 13.0 Å². The molecule has 0 aliphatic carbocycles. The maximum absolute atomic E-state index is 13.3. The molecule has 3 rings (SSSR count). The van der Waals surface area contributed by atoms with Gasteiger partial charge in [0.05, 0.1) is 11.0 Å². The van der Waals surface area contributed by atoms with Crippen LogP contribution < -0.4 is 5.32 Å². The molecule has 0 aliphatic rings. The molecule has 1 aromatic heterocycles. The van der Waals surface area contributed by atoms with Crippen molar-refractivity contribution in [1.82, 2.24) is 5.32 Å². The summed E-state index contributed by atoms with van der Waals surface area (Å²) < 4.78 is 39.6. The normalized spacial score (nSPS) is 12.0. The lowest BCUT2D eigenvalue weighted by atomic mass is 10.0. The maximum atomic E-state index is 13.3. The van der Waals surface area contributed by atoms with Crippen LogP contribution in [-0.2, 0) is 0 Å². The number of carbonyl (C=O) groups excluding carboxylic acids is 1. The van der Waals surface area contributed by atoms with Crippen molar-refractivity contribution < 1.29 is 23.1 Å². The van der Waals surface area contributed by atoms with Gasteiger partial charge in [-0.1, -0.05) is 29.8 Å². The van der Waals surface area contributed by atoms with Crippen molar-refractivity contribution in [1.29, 1.82) is 0 Å². The lowest BCUT2D eigenvalue weighted by Crippen LogP contribution is -2.28. The highest BCUT2D eigenvalue weighted by atomic mass is 32.1. The Bertz CT molecular complexity index is 947. The first kappa shape index (κ1) is 19.1. The van der Waals surface area contributed by atoms with Crippen molar-refractivity contribution in [3.8, 4) is 11.1 Å². The minimum Gasteiger partial charge on any atom is -0.387 e. The highest BCUT2D eigenvalue weighted by Crippen LogP contribution is 2.28. The van der Waals surface area contributed by atoms with E-state index in [0.717, 1.165) is 16.7 Å². The van der Waals surface area contributed by atoms with Gasteiger partial charge >= 0.3 is 0 Å². The summed E-state index contributed by atoms with van der Waals surface area (Å²) in [7, 11) is 0. The van der Waals surface area contributed by atoms with Crippen molar-refractivity contribution in [3.63, 3.8) is 0 Å². The molecule has 1 atom stereocenters. The molecule has 3 nitrogen and oxygen atoms in total. The minimum atomic E-state index is -1.60. The van der Waals surface area contributed by atoms with Crippen LogP contribution in [0.3, 0.4) is 0 Å². The van der Waals surface area contributed by atoms with Gasteiger partial charge in [0.25, 0.3) is 5.91 Å². The summed E-state index contributed by atoms with van der Waals surface area (Å²) in [6, 6.07) is 10.9. The number of rotatable bonds is 5. The molecule has 1 unspecified atom stereocenters. The number of nitrogens with one attached hydrogen (secondary N) is 1. The van der Waals surface area contributed by atoms with Crippen LogP contribution >= 0.6 is 11.3 Å². The van der Waals surface area contributed by atoms with Gasteiger partial charge < -0.3 is 10.4 Å². The third-order valence-electron chi connectivity index (χ3n) is 4.08. The molecule has 0 aliphatic heterocycles. The molecule has 7 heteroatoms. The van der Waals surface area contributed by atoms with Crippen LogP contribution in [0.5, 0.6) is 0 Å². The molecule has 0 radical (unpaired) electrons. The smallest absolute Gasteiger partial charge is 0.262 e. The molecule has 2 aromatic carbocycles. The number of aliphatic hydroxyl groups is 1. The van der Waals surface area contributed by atoms with Crippen molar-refractivity contribution in [2.24, 2.45) is 0 Å². The van der Waals surface area contributed by atoms with Crippen LogP contribution in [0.15, 0.2) is 47.8 Å². The van der Waals surface area contributed by atoms with Crippen LogP contribution in [-0.4, -0.2) is 17.6 Å². The summed E-state index contributed by atoms with van der Waals surface area (Å²) >= 11 is 1.25. The molecule has 3 aromatic rings. The second-order valence-electron chi connectivity index (χ2n) is 6.05. The summed E-state index contributed by atoms with van der Waals surface area (Å²) in [5.74, 6) is -4.80. The quantitative estimate of drug-likeness (QED) is 0.625. The summed E-state index contributed by atoms with van der Waals surface area (Å²) in [4.78, 5) is 12.9. The van der Waals surface area contributed by atoms with Crippen molar-refractivity contribution >= 4 is 17.2 Å². The molecule has 2 N–H and O–H groups in total. The average Bonchev–Trinajstić information content (AvgIpc) is 3.14. The standard InChI is InChI=1S/C20H16F3NO2S/c1-11-2-4-12(5-3-11)14-6-7-27-19(14)20(26)24-10-17(25)13-8-15(21)18(23)16(22)9-13/h2-9,17,25H,10H2,1H3,(H,24,26). The minimum absolute atomic E-state index is 0.156. The first-order valence-electron chi connectivity index (χ1n) is 8.12. The molecular formula is C20H16F3NO2S. The van der Waals surface area contributed by atoms with Gasteiger partial charge in [0, 0.05) is 12.1 Å². The zero-order chi connectivity index (χ0) is 19.6. The predicted octanol–water partition coefficient (Wildman–Crippen LogP) is 4.60. The number of carbonyl (C=O) groups is 1. The zero-order valence-electron chi connectivity index (χ0n) is 14.3. The molecule has 0 saturated carbocycles. The van der Waals surface area contributed by atoms with Gasteiger partial charge in [-0.15, -0.1) is 11.3 Å². The number of aryl methyl sites for hydroxylation is 1. The third kappa shape index (κ3) is 4.20. The number of hydrogen-bond donors (Lipinski definition) is 2. The predicted molar refractivity (Wildman–Crippen MR) is 98.1 cm³/mol. The topological polar surface area (TPSA) is 49.3 Å². The Balaban J connectivity index is 1.72. The maximum Gasteiger partial charge on any atom is 0.262 e. The van der Waals surface area contributed by atoms with Crippen LogP contribution in [0, 0.1) is 24.4 Å². The number of halogens is 3. The Kier molecular flexibility index (Phi) is 5.62. The number of amides is 1. The zero-order valence-corrected chi connectivity index (χ0v) is 15.1. The fourth-order valence-corrected chi connectivity index (χ4v) is 3.43. The largest absolute Gasteiger partial charge is 0.387 e. The van der Waals surface area contributed by atoms with Crippen molar-refractivity contribution in [2.75, 3.05) is 6.54 Å². The lowest BCUT2D eigenvalue weighted by Gasteiger charge is -2.13. The van der Waals surface area contributed by atoms with Crippen molar-refractivity contribution in [3.05, 3.63) is 81.3 Å². The first-order valence-corrected chi connectivity index (χ1v) is 9.00. The van der Waals surface area contributed by atoms with E-state index < -0.39 is 29.5 Å². The molecule has 0 saturated heterocycles. The summed E-state index contributed by atoms with van der Waals surface area (Å²) in [6.07, 6.45) is -1.37. The van der Waals surface area contributed by atoms with Gasteiger partial charge in [-0.3, -0.25) is 4.79 Å². The molecule has 140 valence electrons. The Hall–Kier alpha value is -2.64. The second-order valence-corrected chi connectivity index (χ2v) is 6.97. The summed E-state index contributed by atoms with van der Waals surface area (Å²) in [5, 5.41) is 14.4. The Morgan fingerprint density at radius 1 is 1.11 bits per heavy atom. The molecule has 1 heterocycles. The molecule has 0 fully saturated rings. The SMILES string of the molecule is Cc1ccc(-c2ccsc2C(=O)NCC(O)c2cc(F)c(F)c(F)c2)cc1. The van der Waals surface area contributed by atoms with Crippen LogP contribution in [0.2, 0.25) is 0 Å². The van der Waals surface area contributed by atoms with E-state index in [1.807, 2.05) is 37.3 Å². The highest BCUT2D eigenvalue weighted by Gasteiger charge is 2.19. The lowest BCUT2D eigenvalue weighted by molar-refractivity contribution is 0.0920. The van der Waals surface area contributed by atoms with Gasteiger partial charge in [0.1, 0.15) is 0 Å². The number of aliphatic hydroxyl groups excluding tert-OH is 1. The fraction of sp³-hybridized carbons (Fsp3) is 0.150. The number of thiophene rings is 1. The average molecular weight is 391 g/mol. The Labute approximate surface area is 158 Å². The Morgan fingerprint density at radius 3 is 2.37 bits per heavy atom. The number of benzene rings is 2. The van der Waals surface area contributed by atoms with Gasteiger partial charge in [0.2, 0.25) is 0 Å². The summed E-state index contributed by atoms with van der Waals surface area (Å²) in [6.45, 7) is 1.70. The van der Waals surface area contributed by atoms with Crippen LogP contribution in [0.1, 0.15) is 26.9 Å². The van der Waals surface area contributed by atoms with Gasteiger partial charge in [0.15, 0.2) is 17.5 Å². The van der Waals surface area contributed by atoms with E-state index >= 15 is 0 Å². The number of hydrogen-bond acceptors (Lipinski definition) is 3. The van der Waals surface area contributed by atoms with Gasteiger partial charge in [-0.2, -0.15) is 0 Å². The molecule has 0 spiro atoms. The van der Waals surface area contributed by atoms with E-state index in [1.54, 1.807) is 5.38 Å². The van der Waals surface area contributed by atoms with Crippen LogP contribution in [0.25, 0.3) is 11.1 Å². The van der Waals surface area contributed by atoms with Crippen LogP contribution in [0.4, 0.5) is 13.2 Å². The molecular weight excluding hydrogens is 375 g/mol. The highest BCUT2D eigenvalue weighted by molar-refractivity contribution is 7.12. The Morgan fingerprint density at radius 2 is 1.74 bits per heavy atom. The third-order valence-corrected chi connectivity index (χ3v) is 4.99. The van der Waals surface area contributed by atoms with E-state index in [4.69, 9.17) is 0 Å². The van der Waals surface area contributed by atoms with E-state index in [9.17, 15) is 23.1 Å². The second kappa shape index (κ2) is 7.94.